The maximum Gasteiger partial charge on any atom is 0.0953 e. The third-order valence-electron chi connectivity index (χ3n) is 4.34. The quantitative estimate of drug-likeness (QED) is 0.714. The van der Waals surface area contributed by atoms with Crippen molar-refractivity contribution in [1.82, 2.24) is 0 Å². The summed E-state index contributed by atoms with van der Waals surface area (Å²) in [6.07, 6.45) is 15.4. The van der Waals surface area contributed by atoms with Gasteiger partial charge >= 0.3 is 0 Å². The Morgan fingerprint density at radius 2 is 1.93 bits per heavy atom. The normalized spacial score (nSPS) is 47.3. The molecule has 0 aliphatic heterocycles. The first-order valence-corrected chi connectivity index (χ1v) is 6.43. The largest absolute Gasteiger partial charge is 0.387 e. The number of hydrogen-bond donors (Lipinski definition) is 1. The molecule has 0 spiro atoms. The zero-order valence-electron chi connectivity index (χ0n) is 8.62. The minimum atomic E-state index is -0.348. The first kappa shape index (κ1) is 9.86. The molecule has 3 atom stereocenters. The van der Waals surface area contributed by atoms with E-state index in [0.717, 1.165) is 10.9 Å². The number of hydrogen-bond acceptors (Lipinski definition) is 1. The lowest BCUT2D eigenvalue weighted by molar-refractivity contribution is 0.0170. The second-order valence-corrected chi connectivity index (χ2v) is 5.85. The highest BCUT2D eigenvalue weighted by atomic mass is 79.9. The van der Waals surface area contributed by atoms with Crippen molar-refractivity contribution in [3.8, 4) is 0 Å². The van der Waals surface area contributed by atoms with Gasteiger partial charge in [-0.1, -0.05) is 59.2 Å². The van der Waals surface area contributed by atoms with Gasteiger partial charge in [0.15, 0.2) is 0 Å². The molecular formula is C13H15BrO. The van der Waals surface area contributed by atoms with Gasteiger partial charge in [0.25, 0.3) is 0 Å². The van der Waals surface area contributed by atoms with Crippen molar-refractivity contribution < 1.29 is 5.11 Å². The molecule has 1 fully saturated rings. The monoisotopic (exact) mass is 266 g/mol. The molecule has 0 heterocycles. The van der Waals surface area contributed by atoms with E-state index < -0.39 is 0 Å². The molecule has 0 aromatic rings. The van der Waals surface area contributed by atoms with Gasteiger partial charge in [-0.3, -0.25) is 0 Å². The van der Waals surface area contributed by atoms with Gasteiger partial charge in [0.2, 0.25) is 0 Å². The molecular weight excluding hydrogens is 252 g/mol. The van der Waals surface area contributed by atoms with Crippen molar-refractivity contribution in [3.63, 3.8) is 0 Å². The Labute approximate surface area is 98.7 Å². The summed E-state index contributed by atoms with van der Waals surface area (Å²) in [5.41, 5.74) is 0.0249. The SMILES string of the molecule is OC1C(Br)=CC23C=CC=CC12CCCC3. The minimum Gasteiger partial charge on any atom is -0.387 e. The number of aliphatic hydroxyl groups excluding tert-OH is 1. The number of allylic oxidation sites excluding steroid dienone is 4. The topological polar surface area (TPSA) is 20.2 Å². The molecule has 1 saturated carbocycles. The zero-order valence-corrected chi connectivity index (χ0v) is 10.2. The summed E-state index contributed by atoms with van der Waals surface area (Å²) in [4.78, 5) is 0. The van der Waals surface area contributed by atoms with Crippen LogP contribution < -0.4 is 0 Å². The number of halogens is 1. The molecule has 3 aliphatic rings. The highest BCUT2D eigenvalue weighted by Crippen LogP contribution is 2.63. The minimum absolute atomic E-state index is 0.0567. The second kappa shape index (κ2) is 3.08. The van der Waals surface area contributed by atoms with Crippen molar-refractivity contribution in [2.75, 3.05) is 0 Å². The molecule has 3 rings (SSSR count). The van der Waals surface area contributed by atoms with Gasteiger partial charge in [-0.2, -0.15) is 0 Å². The van der Waals surface area contributed by atoms with Crippen molar-refractivity contribution in [2.45, 2.75) is 31.8 Å². The maximum absolute atomic E-state index is 10.4. The first-order chi connectivity index (χ1) is 7.20. The molecule has 1 N–H and O–H groups in total. The molecule has 0 amide bonds. The van der Waals surface area contributed by atoms with E-state index in [0.29, 0.717) is 0 Å². The van der Waals surface area contributed by atoms with Crippen molar-refractivity contribution in [3.05, 3.63) is 34.9 Å². The van der Waals surface area contributed by atoms with E-state index in [2.05, 4.69) is 46.3 Å². The maximum atomic E-state index is 10.4. The molecule has 0 aromatic heterocycles. The van der Waals surface area contributed by atoms with Crippen LogP contribution in [0.1, 0.15) is 25.7 Å². The third kappa shape index (κ3) is 1.07. The van der Waals surface area contributed by atoms with Crippen LogP contribution in [0.4, 0.5) is 0 Å². The fourth-order valence-electron chi connectivity index (χ4n) is 3.54. The van der Waals surface area contributed by atoms with Crippen LogP contribution in [0.2, 0.25) is 0 Å². The second-order valence-electron chi connectivity index (χ2n) is 4.94. The van der Waals surface area contributed by atoms with E-state index in [1.54, 1.807) is 0 Å². The average molecular weight is 267 g/mol. The van der Waals surface area contributed by atoms with E-state index in [4.69, 9.17) is 0 Å². The van der Waals surface area contributed by atoms with Gasteiger partial charge < -0.3 is 5.11 Å². The lowest BCUT2D eigenvalue weighted by atomic mass is 9.55. The van der Waals surface area contributed by atoms with E-state index in [-0.39, 0.29) is 16.9 Å². The van der Waals surface area contributed by atoms with Gasteiger partial charge in [0, 0.05) is 15.3 Å². The molecule has 80 valence electrons. The highest BCUT2D eigenvalue weighted by Gasteiger charge is 2.57. The Hall–Kier alpha value is -0.340. The van der Waals surface area contributed by atoms with Crippen LogP contribution in [0.5, 0.6) is 0 Å². The van der Waals surface area contributed by atoms with Crippen LogP contribution in [-0.4, -0.2) is 11.2 Å². The van der Waals surface area contributed by atoms with E-state index in [9.17, 15) is 5.11 Å². The predicted molar refractivity (Wildman–Crippen MR) is 64.6 cm³/mol. The molecule has 1 nitrogen and oxygen atoms in total. The molecule has 0 aromatic carbocycles. The number of aliphatic hydroxyl groups is 1. The highest BCUT2D eigenvalue weighted by molar-refractivity contribution is 9.11. The molecule has 3 unspecified atom stereocenters. The smallest absolute Gasteiger partial charge is 0.0953 e. The molecule has 3 aliphatic carbocycles. The van der Waals surface area contributed by atoms with Crippen LogP contribution in [0.3, 0.4) is 0 Å². The van der Waals surface area contributed by atoms with Gasteiger partial charge in [-0.25, -0.2) is 0 Å². The van der Waals surface area contributed by atoms with Crippen LogP contribution in [0, 0.1) is 10.8 Å². The van der Waals surface area contributed by atoms with E-state index in [1.807, 2.05) is 0 Å². The summed E-state index contributed by atoms with van der Waals surface area (Å²) in [6, 6.07) is 0. The molecule has 2 heteroatoms. The van der Waals surface area contributed by atoms with Crippen molar-refractivity contribution in [2.24, 2.45) is 10.8 Å². The van der Waals surface area contributed by atoms with Gasteiger partial charge in [-0.05, 0) is 12.8 Å². The zero-order chi connectivity index (χ0) is 10.5. The average Bonchev–Trinajstić information content (AvgIpc) is 2.49. The van der Waals surface area contributed by atoms with Gasteiger partial charge in [0.1, 0.15) is 0 Å². The standard InChI is InChI=1S/C13H15BrO/c14-10-9-12-5-1-3-7-13(12,11(10)15)8-4-2-6-12/h1,3,5,7,9,11,15H,2,4,6,8H2. The lowest BCUT2D eigenvalue weighted by Crippen LogP contribution is -2.45. The fourth-order valence-corrected chi connectivity index (χ4v) is 4.36. The Bertz CT molecular complexity index is 382. The summed E-state index contributed by atoms with van der Waals surface area (Å²) in [6.45, 7) is 0. The Kier molecular flexibility index (Phi) is 2.02. The first-order valence-electron chi connectivity index (χ1n) is 5.64. The van der Waals surface area contributed by atoms with Crippen LogP contribution in [0.15, 0.2) is 34.9 Å². The summed E-state index contributed by atoms with van der Waals surface area (Å²) < 4.78 is 0.973. The van der Waals surface area contributed by atoms with Crippen LogP contribution >= 0.6 is 15.9 Å². The fraction of sp³-hybridized carbons (Fsp3) is 0.538. The van der Waals surface area contributed by atoms with Crippen molar-refractivity contribution >= 4 is 15.9 Å². The Balaban J connectivity index is 2.17. The summed E-state index contributed by atoms with van der Waals surface area (Å²) in [7, 11) is 0. The Morgan fingerprint density at radius 3 is 2.73 bits per heavy atom. The Morgan fingerprint density at radius 1 is 1.20 bits per heavy atom. The lowest BCUT2D eigenvalue weighted by Gasteiger charge is -2.49. The molecule has 0 bridgehead atoms. The number of rotatable bonds is 0. The van der Waals surface area contributed by atoms with E-state index >= 15 is 0 Å². The van der Waals surface area contributed by atoms with Crippen LogP contribution in [-0.2, 0) is 0 Å². The van der Waals surface area contributed by atoms with E-state index in [1.165, 1.54) is 19.3 Å². The van der Waals surface area contributed by atoms with Crippen LogP contribution in [0.25, 0.3) is 0 Å². The third-order valence-corrected chi connectivity index (χ3v) is 5.00. The summed E-state index contributed by atoms with van der Waals surface area (Å²) >= 11 is 3.52. The van der Waals surface area contributed by atoms with Gasteiger partial charge in [0.05, 0.1) is 6.10 Å². The molecule has 0 saturated heterocycles. The predicted octanol–water partition coefficient (Wildman–Crippen LogP) is 3.31. The summed E-state index contributed by atoms with van der Waals surface area (Å²) in [5, 5.41) is 10.4. The van der Waals surface area contributed by atoms with Gasteiger partial charge in [-0.15, -0.1) is 0 Å². The molecule has 0 radical (unpaired) electrons. The molecule has 15 heavy (non-hydrogen) atoms. The summed E-state index contributed by atoms with van der Waals surface area (Å²) in [5.74, 6) is 0. The van der Waals surface area contributed by atoms with Crippen molar-refractivity contribution in [1.29, 1.82) is 0 Å².